The lowest BCUT2D eigenvalue weighted by molar-refractivity contribution is -0.359. The van der Waals surface area contributed by atoms with Gasteiger partial charge in [-0.2, -0.15) is 30.4 Å². The summed E-state index contributed by atoms with van der Waals surface area (Å²) in [6.07, 6.45) is -5.31. The Balaban J connectivity index is 5.91. The summed E-state index contributed by atoms with van der Waals surface area (Å²) >= 11 is 0. The van der Waals surface area contributed by atoms with Crippen molar-refractivity contribution in [3.63, 3.8) is 0 Å². The van der Waals surface area contributed by atoms with Crippen LogP contribution < -0.4 is 0 Å². The van der Waals surface area contributed by atoms with Crippen LogP contribution in [0.15, 0.2) is 12.7 Å². The van der Waals surface area contributed by atoms with Crippen LogP contribution in [-0.2, 0) is 33.9 Å². The van der Waals surface area contributed by atoms with E-state index in [0.717, 1.165) is 0 Å². The molecule has 1 N–H and O–H groups in total. The average molecular weight is 414 g/mol. The van der Waals surface area contributed by atoms with Gasteiger partial charge in [0.25, 0.3) is 0 Å². The van der Waals surface area contributed by atoms with Gasteiger partial charge in [-0.05, 0) is 6.42 Å². The fourth-order valence-electron chi connectivity index (χ4n) is 1.23. The van der Waals surface area contributed by atoms with Crippen LogP contribution in [-0.4, -0.2) is 55.3 Å². The van der Waals surface area contributed by atoms with Gasteiger partial charge in [0.05, 0.1) is 6.61 Å². The van der Waals surface area contributed by atoms with Gasteiger partial charge in [-0.1, -0.05) is 19.9 Å². The molecule has 0 heterocycles. The zero-order valence-corrected chi connectivity index (χ0v) is 14.0. The Bertz CT molecular complexity index is 630. The lowest BCUT2D eigenvalue weighted by Crippen LogP contribution is -2.59. The third-order valence-corrected chi connectivity index (χ3v) is 3.48. The number of carbonyl (C=O) groups is 2. The van der Waals surface area contributed by atoms with Crippen LogP contribution in [0.3, 0.4) is 0 Å². The predicted molar refractivity (Wildman–Crippen MR) is 73.4 cm³/mol. The van der Waals surface area contributed by atoms with E-state index in [2.05, 4.69) is 20.8 Å². The molecule has 0 rings (SSSR count). The number of unbranched alkanes of at least 4 members (excludes halogenated alkanes) is 1. The molecular formula is C12H15F5O8S. The predicted octanol–water partition coefficient (Wildman–Crippen LogP) is 1.81. The number of halogens is 5. The molecule has 0 aromatic carbocycles. The molecule has 0 bridgehead atoms. The Morgan fingerprint density at radius 2 is 1.73 bits per heavy atom. The van der Waals surface area contributed by atoms with Crippen LogP contribution in [0.5, 0.6) is 0 Å². The number of hydrogen-bond donors (Lipinski definition) is 1. The minimum Gasteiger partial charge on any atom is -0.461 e. The number of rotatable bonds is 10. The monoisotopic (exact) mass is 414 g/mol. The summed E-state index contributed by atoms with van der Waals surface area (Å²) < 4.78 is 107. The summed E-state index contributed by atoms with van der Waals surface area (Å²) in [5, 5.41) is -5.24. The van der Waals surface area contributed by atoms with E-state index in [9.17, 15) is 40.0 Å². The molecule has 0 saturated heterocycles. The van der Waals surface area contributed by atoms with Gasteiger partial charge in [0.1, 0.15) is 6.61 Å². The second kappa shape index (κ2) is 8.73. The van der Waals surface area contributed by atoms with Crippen LogP contribution in [0.2, 0.25) is 0 Å². The summed E-state index contributed by atoms with van der Waals surface area (Å²) in [5.74, 6) is -9.01. The molecule has 0 aliphatic carbocycles. The summed E-state index contributed by atoms with van der Waals surface area (Å²) in [6.45, 7) is 1.10. The van der Waals surface area contributed by atoms with Crippen molar-refractivity contribution in [3.8, 4) is 0 Å². The molecule has 0 aromatic heterocycles. The Morgan fingerprint density at radius 3 is 2.12 bits per heavy atom. The average Bonchev–Trinajstić information content (AvgIpc) is 2.48. The molecule has 0 amide bonds. The first kappa shape index (κ1) is 24.2. The molecule has 0 aromatic rings. The van der Waals surface area contributed by atoms with Crippen molar-refractivity contribution in [1.29, 1.82) is 0 Å². The van der Waals surface area contributed by atoms with Gasteiger partial charge < -0.3 is 14.2 Å². The van der Waals surface area contributed by atoms with Gasteiger partial charge in [-0.3, -0.25) is 4.55 Å². The molecule has 0 aliphatic rings. The topological polar surface area (TPSA) is 116 Å². The lowest BCUT2D eigenvalue weighted by Gasteiger charge is -2.32. The van der Waals surface area contributed by atoms with Gasteiger partial charge in [0.15, 0.2) is 0 Å². The van der Waals surface area contributed by atoms with Crippen LogP contribution in [0.1, 0.15) is 19.8 Å². The van der Waals surface area contributed by atoms with Gasteiger partial charge in [-0.15, -0.1) is 0 Å². The van der Waals surface area contributed by atoms with Crippen molar-refractivity contribution < 1.29 is 58.7 Å². The van der Waals surface area contributed by atoms with E-state index in [1.54, 1.807) is 6.92 Å². The van der Waals surface area contributed by atoms with Crippen LogP contribution >= 0.6 is 0 Å². The van der Waals surface area contributed by atoms with Crippen molar-refractivity contribution in [3.05, 3.63) is 12.7 Å². The first-order valence-corrected chi connectivity index (χ1v) is 8.16. The molecule has 0 spiro atoms. The highest BCUT2D eigenvalue weighted by molar-refractivity contribution is 7.86. The van der Waals surface area contributed by atoms with E-state index in [1.807, 2.05) is 0 Å². The van der Waals surface area contributed by atoms with E-state index in [0.29, 0.717) is 6.42 Å². The van der Waals surface area contributed by atoms with Crippen LogP contribution in [0.4, 0.5) is 22.0 Å². The van der Waals surface area contributed by atoms with E-state index < -0.39 is 52.5 Å². The zero-order valence-electron chi connectivity index (χ0n) is 13.2. The molecule has 1 atom stereocenters. The number of ether oxygens (including phenoxy) is 3. The highest BCUT2D eigenvalue weighted by atomic mass is 32.2. The SMILES string of the molecule is C=CC(=O)OC(OCC(F)(F)S(=O)(=O)O)(C(=O)OCCCC)C(F)(F)F. The maximum atomic E-state index is 13.3. The normalized spacial score (nSPS) is 15.0. The van der Waals surface area contributed by atoms with Gasteiger partial charge in [0.2, 0.25) is 0 Å². The zero-order chi connectivity index (χ0) is 20.8. The van der Waals surface area contributed by atoms with Crippen molar-refractivity contribution in [1.82, 2.24) is 0 Å². The molecular weight excluding hydrogens is 399 g/mol. The van der Waals surface area contributed by atoms with E-state index in [1.165, 1.54) is 0 Å². The molecule has 1 unspecified atom stereocenters. The lowest BCUT2D eigenvalue weighted by atomic mass is 10.2. The van der Waals surface area contributed by atoms with E-state index >= 15 is 0 Å². The molecule has 0 radical (unpaired) electrons. The minimum absolute atomic E-state index is 0.0796. The third kappa shape index (κ3) is 5.88. The van der Waals surface area contributed by atoms with Crippen LogP contribution in [0, 0.1) is 0 Å². The maximum absolute atomic E-state index is 13.3. The highest BCUT2D eigenvalue weighted by Crippen LogP contribution is 2.38. The molecule has 0 aliphatic heterocycles. The first-order valence-electron chi connectivity index (χ1n) is 6.72. The fraction of sp³-hybridized carbons (Fsp3) is 0.667. The van der Waals surface area contributed by atoms with Crippen molar-refractivity contribution in [2.75, 3.05) is 13.2 Å². The van der Waals surface area contributed by atoms with Gasteiger partial charge in [0, 0.05) is 6.08 Å². The largest absolute Gasteiger partial charge is 0.468 e. The molecule has 14 heteroatoms. The minimum atomic E-state index is -6.19. The Hall–Kier alpha value is -1.80. The Labute approximate surface area is 144 Å². The first-order chi connectivity index (χ1) is 11.6. The summed E-state index contributed by atoms with van der Waals surface area (Å²) in [4.78, 5) is 22.9. The van der Waals surface area contributed by atoms with E-state index in [4.69, 9.17) is 4.55 Å². The van der Waals surface area contributed by atoms with Gasteiger partial charge >= 0.3 is 39.3 Å². The van der Waals surface area contributed by atoms with Crippen molar-refractivity contribution in [2.24, 2.45) is 0 Å². The Kier molecular flexibility index (Phi) is 8.12. The molecule has 8 nitrogen and oxygen atoms in total. The molecule has 152 valence electrons. The number of alkyl halides is 5. The molecule has 26 heavy (non-hydrogen) atoms. The standard InChI is InChI=1S/C12H15F5O8S/c1-3-5-6-23-9(19)11(12(15,16)17,25-8(18)4-2)24-7-10(13,14)26(20,21)22/h4H,2-3,5-7H2,1H3,(H,20,21,22). The van der Waals surface area contributed by atoms with Crippen molar-refractivity contribution in [2.45, 2.75) is 37.0 Å². The summed E-state index contributed by atoms with van der Waals surface area (Å²) in [5.41, 5.74) is 0. The number of hydrogen-bond acceptors (Lipinski definition) is 7. The summed E-state index contributed by atoms with van der Waals surface area (Å²) in [7, 11) is -6.19. The highest BCUT2D eigenvalue weighted by Gasteiger charge is 2.69. The number of esters is 2. The third-order valence-electron chi connectivity index (χ3n) is 2.60. The Morgan fingerprint density at radius 1 is 1.19 bits per heavy atom. The second-order valence-corrected chi connectivity index (χ2v) is 6.18. The molecule has 0 saturated carbocycles. The second-order valence-electron chi connectivity index (χ2n) is 4.63. The van der Waals surface area contributed by atoms with Crippen molar-refractivity contribution >= 4 is 22.1 Å². The smallest absolute Gasteiger partial charge is 0.461 e. The molecule has 0 fully saturated rings. The maximum Gasteiger partial charge on any atom is 0.468 e. The summed E-state index contributed by atoms with van der Waals surface area (Å²) in [6, 6.07) is 0. The quantitative estimate of drug-likeness (QED) is 0.144. The van der Waals surface area contributed by atoms with E-state index in [-0.39, 0.29) is 12.5 Å². The van der Waals surface area contributed by atoms with Gasteiger partial charge in [-0.25, -0.2) is 9.59 Å². The fourth-order valence-corrected chi connectivity index (χ4v) is 1.44. The van der Waals surface area contributed by atoms with Crippen LogP contribution in [0.25, 0.3) is 0 Å². The number of carbonyl (C=O) groups excluding carboxylic acids is 2.